The summed E-state index contributed by atoms with van der Waals surface area (Å²) in [5.74, 6) is 0. The van der Waals surface area contributed by atoms with Gasteiger partial charge < -0.3 is 5.11 Å². The van der Waals surface area contributed by atoms with Crippen molar-refractivity contribution in [2.75, 3.05) is 0 Å². The molecule has 0 saturated carbocycles. The van der Waals surface area contributed by atoms with Crippen LogP contribution in [0.1, 0.15) is 23.8 Å². The Morgan fingerprint density at radius 1 is 1.14 bits per heavy atom. The molecule has 0 radical (unpaired) electrons. The van der Waals surface area contributed by atoms with Crippen molar-refractivity contribution < 1.29 is 5.11 Å². The van der Waals surface area contributed by atoms with Crippen LogP contribution in [0.4, 0.5) is 0 Å². The van der Waals surface area contributed by atoms with Gasteiger partial charge >= 0.3 is 0 Å². The number of para-hydroxylation sites is 1. The lowest BCUT2D eigenvalue weighted by Crippen LogP contribution is -2.03. The fourth-order valence-electron chi connectivity index (χ4n) is 2.33. The Hall–Kier alpha value is -2.40. The molecule has 0 fully saturated rings. The molecule has 0 spiro atoms. The smallest absolute Gasteiger partial charge is 0.0824 e. The van der Waals surface area contributed by atoms with Crippen molar-refractivity contribution in [1.82, 2.24) is 19.6 Å². The van der Waals surface area contributed by atoms with Gasteiger partial charge in [0.15, 0.2) is 0 Å². The molecule has 0 aliphatic rings. The second kappa shape index (κ2) is 5.93. The van der Waals surface area contributed by atoms with E-state index < -0.39 is 6.10 Å². The van der Waals surface area contributed by atoms with Gasteiger partial charge in [-0.15, -0.1) is 0 Å². The van der Waals surface area contributed by atoms with Crippen LogP contribution in [0.3, 0.4) is 0 Å². The van der Waals surface area contributed by atoms with Gasteiger partial charge in [-0.05, 0) is 31.0 Å². The average molecular weight is 282 g/mol. The summed E-state index contributed by atoms with van der Waals surface area (Å²) in [7, 11) is 1.91. The molecule has 3 aromatic rings. The van der Waals surface area contributed by atoms with Gasteiger partial charge in [0.25, 0.3) is 0 Å². The van der Waals surface area contributed by atoms with E-state index >= 15 is 0 Å². The molecule has 2 heterocycles. The molecule has 21 heavy (non-hydrogen) atoms. The molecule has 1 aromatic carbocycles. The Balaban J connectivity index is 1.67. The van der Waals surface area contributed by atoms with E-state index in [2.05, 4.69) is 10.2 Å². The fourth-order valence-corrected chi connectivity index (χ4v) is 2.33. The Morgan fingerprint density at radius 2 is 1.95 bits per heavy atom. The average Bonchev–Trinajstić information content (AvgIpc) is 3.15. The van der Waals surface area contributed by atoms with Gasteiger partial charge in [0.1, 0.15) is 0 Å². The van der Waals surface area contributed by atoms with E-state index in [0.717, 1.165) is 23.4 Å². The van der Waals surface area contributed by atoms with Gasteiger partial charge in [-0.25, -0.2) is 4.68 Å². The van der Waals surface area contributed by atoms with Crippen LogP contribution in [0, 0.1) is 0 Å². The van der Waals surface area contributed by atoms with Gasteiger partial charge in [0, 0.05) is 30.7 Å². The molecule has 0 bridgehead atoms. The number of aromatic nitrogens is 4. The van der Waals surface area contributed by atoms with Gasteiger partial charge in [0.05, 0.1) is 18.0 Å². The van der Waals surface area contributed by atoms with Crippen LogP contribution < -0.4 is 0 Å². The molecule has 1 N–H and O–H groups in total. The van der Waals surface area contributed by atoms with E-state index in [-0.39, 0.29) is 0 Å². The molecular formula is C16H18N4O. The zero-order valence-electron chi connectivity index (χ0n) is 11.9. The topological polar surface area (TPSA) is 55.9 Å². The zero-order chi connectivity index (χ0) is 14.7. The molecule has 5 nitrogen and oxygen atoms in total. The summed E-state index contributed by atoms with van der Waals surface area (Å²) >= 11 is 0. The highest BCUT2D eigenvalue weighted by Crippen LogP contribution is 2.19. The minimum Gasteiger partial charge on any atom is -0.388 e. The van der Waals surface area contributed by atoms with E-state index in [4.69, 9.17) is 0 Å². The minimum absolute atomic E-state index is 0.516. The number of hydrogen-bond acceptors (Lipinski definition) is 3. The number of benzene rings is 1. The second-order valence-corrected chi connectivity index (χ2v) is 5.05. The summed E-state index contributed by atoms with van der Waals surface area (Å²) < 4.78 is 3.61. The van der Waals surface area contributed by atoms with E-state index in [1.165, 1.54) is 0 Å². The van der Waals surface area contributed by atoms with Crippen molar-refractivity contribution in [2.45, 2.75) is 18.9 Å². The molecule has 0 saturated heterocycles. The first-order valence-corrected chi connectivity index (χ1v) is 6.99. The Bertz CT molecular complexity index is 702. The molecule has 0 amide bonds. The lowest BCUT2D eigenvalue weighted by Gasteiger charge is -2.08. The third-order valence-electron chi connectivity index (χ3n) is 3.60. The number of hydrogen-bond donors (Lipinski definition) is 1. The number of aryl methyl sites for hydroxylation is 2. The van der Waals surface area contributed by atoms with Crippen LogP contribution in [-0.2, 0) is 13.5 Å². The molecule has 0 aliphatic heterocycles. The highest BCUT2D eigenvalue weighted by molar-refractivity contribution is 5.31. The molecule has 5 heteroatoms. The van der Waals surface area contributed by atoms with Gasteiger partial charge in [-0.1, -0.05) is 18.2 Å². The maximum Gasteiger partial charge on any atom is 0.0824 e. The lowest BCUT2D eigenvalue weighted by atomic mass is 10.1. The summed E-state index contributed by atoms with van der Waals surface area (Å²) in [6, 6.07) is 11.8. The van der Waals surface area contributed by atoms with E-state index in [1.54, 1.807) is 17.1 Å². The minimum atomic E-state index is -0.516. The van der Waals surface area contributed by atoms with Crippen molar-refractivity contribution in [3.8, 4) is 5.69 Å². The highest BCUT2D eigenvalue weighted by atomic mass is 16.3. The first-order chi connectivity index (χ1) is 10.2. The Morgan fingerprint density at radius 3 is 2.67 bits per heavy atom. The molecule has 1 unspecified atom stereocenters. The predicted molar refractivity (Wildman–Crippen MR) is 80.1 cm³/mol. The quantitative estimate of drug-likeness (QED) is 0.781. The van der Waals surface area contributed by atoms with Crippen molar-refractivity contribution in [2.24, 2.45) is 7.05 Å². The van der Waals surface area contributed by atoms with Crippen molar-refractivity contribution in [3.63, 3.8) is 0 Å². The Labute approximate surface area is 123 Å². The molecule has 3 rings (SSSR count). The van der Waals surface area contributed by atoms with Crippen LogP contribution in [0.25, 0.3) is 5.69 Å². The third kappa shape index (κ3) is 3.03. The fraction of sp³-hybridized carbons (Fsp3) is 0.250. The van der Waals surface area contributed by atoms with Crippen LogP contribution in [0.5, 0.6) is 0 Å². The summed E-state index contributed by atoms with van der Waals surface area (Å²) in [6.45, 7) is 0. The molecule has 108 valence electrons. The molecule has 2 aromatic heterocycles. The molecule has 1 atom stereocenters. The monoisotopic (exact) mass is 282 g/mol. The number of rotatable bonds is 5. The third-order valence-corrected chi connectivity index (χ3v) is 3.60. The summed E-state index contributed by atoms with van der Waals surface area (Å²) in [6.07, 6.45) is 6.30. The van der Waals surface area contributed by atoms with Crippen LogP contribution in [0.15, 0.2) is 55.0 Å². The van der Waals surface area contributed by atoms with Gasteiger partial charge in [-0.2, -0.15) is 10.2 Å². The van der Waals surface area contributed by atoms with Crippen LogP contribution in [0.2, 0.25) is 0 Å². The first kappa shape index (κ1) is 13.6. The number of aliphatic hydroxyl groups is 1. The summed E-state index contributed by atoms with van der Waals surface area (Å²) in [4.78, 5) is 0. The predicted octanol–water partition coefficient (Wildman–Crippen LogP) is 2.27. The zero-order valence-corrected chi connectivity index (χ0v) is 11.9. The summed E-state index contributed by atoms with van der Waals surface area (Å²) in [5.41, 5.74) is 2.94. The van der Waals surface area contributed by atoms with E-state index in [1.807, 2.05) is 54.3 Å². The van der Waals surface area contributed by atoms with Crippen molar-refractivity contribution in [1.29, 1.82) is 0 Å². The lowest BCUT2D eigenvalue weighted by molar-refractivity contribution is 0.167. The summed E-state index contributed by atoms with van der Waals surface area (Å²) in [5, 5.41) is 18.7. The van der Waals surface area contributed by atoms with Crippen LogP contribution in [-0.4, -0.2) is 24.7 Å². The molecule has 0 aliphatic carbocycles. The Kier molecular flexibility index (Phi) is 3.83. The van der Waals surface area contributed by atoms with Crippen LogP contribution >= 0.6 is 0 Å². The standard InChI is InChI=1S/C16H18N4O/c1-19-14(9-10-17-19)7-8-16(21)13-11-18-20(12-13)15-5-3-2-4-6-15/h2-6,9-12,16,21H,7-8H2,1H3. The van der Waals surface area contributed by atoms with Gasteiger partial charge in [0.2, 0.25) is 0 Å². The second-order valence-electron chi connectivity index (χ2n) is 5.05. The SMILES string of the molecule is Cn1nccc1CCC(O)c1cnn(-c2ccccc2)c1. The maximum atomic E-state index is 10.3. The largest absolute Gasteiger partial charge is 0.388 e. The highest BCUT2D eigenvalue weighted by Gasteiger charge is 2.12. The van der Waals surface area contributed by atoms with Crippen molar-refractivity contribution in [3.05, 3.63) is 66.2 Å². The normalized spacial score (nSPS) is 12.5. The number of nitrogens with zero attached hydrogens (tertiary/aromatic N) is 4. The first-order valence-electron chi connectivity index (χ1n) is 6.99. The maximum absolute atomic E-state index is 10.3. The van der Waals surface area contributed by atoms with Gasteiger partial charge in [-0.3, -0.25) is 4.68 Å². The van der Waals surface area contributed by atoms with E-state index in [9.17, 15) is 5.11 Å². The molecular weight excluding hydrogens is 264 g/mol. The van der Waals surface area contributed by atoms with Crippen molar-refractivity contribution >= 4 is 0 Å². The number of aliphatic hydroxyl groups excluding tert-OH is 1. The van der Waals surface area contributed by atoms with E-state index in [0.29, 0.717) is 6.42 Å².